The Morgan fingerprint density at radius 1 is 1.17 bits per heavy atom. The first-order chi connectivity index (χ1) is 8.88. The molecular weight excluding hydrogens is 222 g/mol. The van der Waals surface area contributed by atoms with Crippen LogP contribution in [0.25, 0.3) is 10.9 Å². The van der Waals surface area contributed by atoms with Gasteiger partial charge in [-0.05, 0) is 30.9 Å². The number of ether oxygens (including phenoxy) is 1. The predicted molar refractivity (Wildman–Crippen MR) is 75.1 cm³/mol. The van der Waals surface area contributed by atoms with Crippen molar-refractivity contribution in [2.24, 2.45) is 5.92 Å². The fourth-order valence-electron chi connectivity index (χ4n) is 3.19. The maximum absolute atomic E-state index is 5.49. The molecule has 0 N–H and O–H groups in total. The van der Waals surface area contributed by atoms with E-state index in [0.29, 0.717) is 0 Å². The minimum atomic E-state index is 0.847. The van der Waals surface area contributed by atoms with Crippen LogP contribution >= 0.6 is 0 Å². The summed E-state index contributed by atoms with van der Waals surface area (Å²) in [4.78, 5) is 0. The van der Waals surface area contributed by atoms with E-state index >= 15 is 0 Å². The number of methoxy groups -OCH3 is 1. The standard InChI is InChI=1S/C16H21NO/c1-18-15-9-5-8-14-10-11-17(16(14)15)12-13-6-3-2-4-7-13/h5,8-11,13H,2-4,6-7,12H2,1H3. The Balaban J connectivity index is 1.91. The molecule has 2 heteroatoms. The summed E-state index contributed by atoms with van der Waals surface area (Å²) >= 11 is 0. The first-order valence-electron chi connectivity index (χ1n) is 7.00. The Morgan fingerprint density at radius 3 is 2.78 bits per heavy atom. The third kappa shape index (κ3) is 2.12. The van der Waals surface area contributed by atoms with Crippen LogP contribution in [0.15, 0.2) is 30.5 Å². The van der Waals surface area contributed by atoms with E-state index in [2.05, 4.69) is 35.0 Å². The number of aromatic nitrogens is 1. The molecule has 0 aliphatic heterocycles. The molecular formula is C16H21NO. The van der Waals surface area contributed by atoms with Crippen LogP contribution in [-0.4, -0.2) is 11.7 Å². The van der Waals surface area contributed by atoms with Crippen LogP contribution in [0.2, 0.25) is 0 Å². The summed E-state index contributed by atoms with van der Waals surface area (Å²) in [7, 11) is 1.76. The van der Waals surface area contributed by atoms with E-state index in [-0.39, 0.29) is 0 Å². The summed E-state index contributed by atoms with van der Waals surface area (Å²) < 4.78 is 7.87. The summed E-state index contributed by atoms with van der Waals surface area (Å²) in [5.41, 5.74) is 1.26. The molecule has 0 amide bonds. The zero-order valence-electron chi connectivity index (χ0n) is 11.1. The molecule has 18 heavy (non-hydrogen) atoms. The number of para-hydroxylation sites is 1. The van der Waals surface area contributed by atoms with Crippen molar-refractivity contribution in [1.29, 1.82) is 0 Å². The lowest BCUT2D eigenvalue weighted by atomic mass is 9.89. The van der Waals surface area contributed by atoms with E-state index in [0.717, 1.165) is 18.2 Å². The molecule has 1 saturated carbocycles. The number of hydrogen-bond acceptors (Lipinski definition) is 1. The van der Waals surface area contributed by atoms with Gasteiger partial charge in [-0.1, -0.05) is 31.4 Å². The predicted octanol–water partition coefficient (Wildman–Crippen LogP) is 4.23. The molecule has 0 spiro atoms. The van der Waals surface area contributed by atoms with Crippen LogP contribution in [0.1, 0.15) is 32.1 Å². The minimum absolute atomic E-state index is 0.847. The fraction of sp³-hybridized carbons (Fsp3) is 0.500. The van der Waals surface area contributed by atoms with E-state index in [4.69, 9.17) is 4.74 Å². The highest BCUT2D eigenvalue weighted by molar-refractivity contribution is 5.85. The molecule has 1 aromatic carbocycles. The van der Waals surface area contributed by atoms with Gasteiger partial charge in [0, 0.05) is 18.1 Å². The molecule has 1 aliphatic carbocycles. The second-order valence-electron chi connectivity index (χ2n) is 5.37. The molecule has 1 fully saturated rings. The molecule has 96 valence electrons. The van der Waals surface area contributed by atoms with Crippen molar-refractivity contribution in [2.75, 3.05) is 7.11 Å². The molecule has 3 rings (SSSR count). The fourth-order valence-corrected chi connectivity index (χ4v) is 3.19. The first-order valence-corrected chi connectivity index (χ1v) is 7.00. The van der Waals surface area contributed by atoms with Gasteiger partial charge in [0.15, 0.2) is 0 Å². The highest BCUT2D eigenvalue weighted by Gasteiger charge is 2.15. The Kier molecular flexibility index (Phi) is 3.26. The van der Waals surface area contributed by atoms with Crippen molar-refractivity contribution in [3.8, 4) is 5.75 Å². The van der Waals surface area contributed by atoms with Crippen molar-refractivity contribution >= 4 is 10.9 Å². The van der Waals surface area contributed by atoms with Crippen molar-refractivity contribution in [1.82, 2.24) is 4.57 Å². The SMILES string of the molecule is COc1cccc2ccn(CC3CCCCC3)c12. The molecule has 1 heterocycles. The Morgan fingerprint density at radius 2 is 2.00 bits per heavy atom. The average molecular weight is 243 g/mol. The van der Waals surface area contributed by atoms with Gasteiger partial charge < -0.3 is 9.30 Å². The van der Waals surface area contributed by atoms with E-state index in [1.807, 2.05) is 0 Å². The van der Waals surface area contributed by atoms with E-state index in [1.165, 1.54) is 43.0 Å². The van der Waals surface area contributed by atoms with Gasteiger partial charge in [-0.25, -0.2) is 0 Å². The van der Waals surface area contributed by atoms with Crippen LogP contribution in [0.3, 0.4) is 0 Å². The van der Waals surface area contributed by atoms with Crippen LogP contribution in [-0.2, 0) is 6.54 Å². The van der Waals surface area contributed by atoms with Crippen molar-refractivity contribution < 1.29 is 4.74 Å². The van der Waals surface area contributed by atoms with Gasteiger partial charge in [0.1, 0.15) is 5.75 Å². The third-order valence-corrected chi connectivity index (χ3v) is 4.15. The van der Waals surface area contributed by atoms with Gasteiger partial charge >= 0.3 is 0 Å². The van der Waals surface area contributed by atoms with Crippen LogP contribution < -0.4 is 4.74 Å². The lowest BCUT2D eigenvalue weighted by Crippen LogP contribution is -2.13. The van der Waals surface area contributed by atoms with E-state index in [9.17, 15) is 0 Å². The number of fused-ring (bicyclic) bond motifs is 1. The van der Waals surface area contributed by atoms with Crippen LogP contribution in [0.4, 0.5) is 0 Å². The zero-order chi connectivity index (χ0) is 12.4. The summed E-state index contributed by atoms with van der Waals surface area (Å²) in [5, 5.41) is 1.28. The molecule has 2 nitrogen and oxygen atoms in total. The monoisotopic (exact) mass is 243 g/mol. The van der Waals surface area contributed by atoms with E-state index in [1.54, 1.807) is 7.11 Å². The van der Waals surface area contributed by atoms with Gasteiger partial charge in [-0.15, -0.1) is 0 Å². The Hall–Kier alpha value is -1.44. The lowest BCUT2D eigenvalue weighted by molar-refractivity contribution is 0.321. The lowest BCUT2D eigenvalue weighted by Gasteiger charge is -2.22. The Labute approximate surface area is 109 Å². The molecule has 2 aromatic rings. The van der Waals surface area contributed by atoms with Crippen molar-refractivity contribution in [2.45, 2.75) is 38.6 Å². The summed E-state index contributed by atoms with van der Waals surface area (Å²) in [6.07, 6.45) is 9.21. The van der Waals surface area contributed by atoms with Gasteiger partial charge in [0.05, 0.1) is 12.6 Å². The molecule has 0 radical (unpaired) electrons. The van der Waals surface area contributed by atoms with Crippen LogP contribution in [0, 0.1) is 5.92 Å². The number of benzene rings is 1. The third-order valence-electron chi connectivity index (χ3n) is 4.15. The van der Waals surface area contributed by atoms with Crippen molar-refractivity contribution in [3.05, 3.63) is 30.5 Å². The molecule has 0 bridgehead atoms. The van der Waals surface area contributed by atoms with Gasteiger partial charge in [-0.2, -0.15) is 0 Å². The van der Waals surface area contributed by atoms with E-state index < -0.39 is 0 Å². The molecule has 1 aliphatic rings. The summed E-state index contributed by atoms with van der Waals surface area (Å²) in [6, 6.07) is 8.47. The first kappa shape index (κ1) is 11.6. The Bertz CT molecular complexity index is 523. The van der Waals surface area contributed by atoms with Gasteiger partial charge in [-0.3, -0.25) is 0 Å². The van der Waals surface area contributed by atoms with Gasteiger partial charge in [0.25, 0.3) is 0 Å². The quantitative estimate of drug-likeness (QED) is 0.787. The highest BCUT2D eigenvalue weighted by atomic mass is 16.5. The topological polar surface area (TPSA) is 14.2 Å². The number of rotatable bonds is 3. The average Bonchev–Trinajstić information content (AvgIpc) is 2.83. The summed E-state index contributed by atoms with van der Waals surface area (Å²) in [5.74, 6) is 1.84. The molecule has 1 aromatic heterocycles. The largest absolute Gasteiger partial charge is 0.495 e. The number of nitrogens with zero attached hydrogens (tertiary/aromatic N) is 1. The zero-order valence-corrected chi connectivity index (χ0v) is 11.1. The maximum Gasteiger partial charge on any atom is 0.143 e. The van der Waals surface area contributed by atoms with Crippen LogP contribution in [0.5, 0.6) is 5.75 Å². The second-order valence-corrected chi connectivity index (χ2v) is 5.37. The summed E-state index contributed by atoms with van der Waals surface area (Å²) in [6.45, 7) is 1.14. The smallest absolute Gasteiger partial charge is 0.143 e. The van der Waals surface area contributed by atoms with Gasteiger partial charge in [0.2, 0.25) is 0 Å². The van der Waals surface area contributed by atoms with Crippen molar-refractivity contribution in [3.63, 3.8) is 0 Å². The molecule has 0 atom stereocenters. The highest BCUT2D eigenvalue weighted by Crippen LogP contribution is 2.30. The molecule has 0 unspecified atom stereocenters. The normalized spacial score (nSPS) is 17.2. The maximum atomic E-state index is 5.49. The second kappa shape index (κ2) is 5.05. The molecule has 0 saturated heterocycles. The minimum Gasteiger partial charge on any atom is -0.495 e. The number of hydrogen-bond donors (Lipinski definition) is 0.